The topological polar surface area (TPSA) is 122 Å². The number of urea groups is 1. The van der Waals surface area contributed by atoms with Crippen molar-refractivity contribution in [2.75, 3.05) is 13.7 Å². The number of amides is 3. The van der Waals surface area contributed by atoms with Crippen molar-refractivity contribution in [2.45, 2.75) is 6.61 Å². The lowest BCUT2D eigenvalue weighted by Gasteiger charge is -2.12. The summed E-state index contributed by atoms with van der Waals surface area (Å²) < 4.78 is 12.0. The van der Waals surface area contributed by atoms with Crippen LogP contribution < -0.4 is 10.1 Å². The van der Waals surface area contributed by atoms with Gasteiger partial charge >= 0.3 is 18.0 Å². The molecule has 166 valence electrons. The van der Waals surface area contributed by atoms with Gasteiger partial charge in [0.15, 0.2) is 0 Å². The maximum Gasteiger partial charge on any atom is 0.335 e. The molecule has 1 fully saturated rings. The minimum Gasteiger partial charge on any atom is -0.487 e. The molecule has 1 heterocycles. The van der Waals surface area contributed by atoms with E-state index in [0.29, 0.717) is 11.3 Å². The predicted octanol–water partition coefficient (Wildman–Crippen LogP) is 3.24. The number of ether oxygens (including phenoxy) is 2. The Hall–Kier alpha value is -2.68. The average Bonchev–Trinajstić information content (AvgIpc) is 3.00. The second-order valence-electron chi connectivity index (χ2n) is 6.56. The Morgan fingerprint density at radius 1 is 1.12 bits per heavy atom. The van der Waals surface area contributed by atoms with E-state index in [2.05, 4.69) is 55.2 Å². The summed E-state index contributed by atoms with van der Waals surface area (Å²) in [7, 11) is 1.18. The van der Waals surface area contributed by atoms with Crippen molar-refractivity contribution < 1.29 is 33.8 Å². The van der Waals surface area contributed by atoms with Crippen LogP contribution in [0.3, 0.4) is 0 Å². The SMILES string of the molecule is COC(=O)CN1C(=O)N/C(=C/c2cc(I)c(OCc3ccc(C(=O)O)cc3)c(I)c2)C1=O. The monoisotopic (exact) mass is 662 g/mol. The molecule has 3 rings (SSSR count). The lowest BCUT2D eigenvalue weighted by Crippen LogP contribution is -2.36. The Morgan fingerprint density at radius 3 is 2.31 bits per heavy atom. The van der Waals surface area contributed by atoms with Crippen molar-refractivity contribution >= 4 is 75.1 Å². The molecule has 0 aromatic heterocycles. The number of esters is 1. The number of carbonyl (C=O) groups excluding carboxylic acids is 3. The van der Waals surface area contributed by atoms with Gasteiger partial charge in [0.2, 0.25) is 0 Å². The van der Waals surface area contributed by atoms with Gasteiger partial charge in [0.05, 0.1) is 19.8 Å². The number of aromatic carboxylic acids is 1. The number of rotatable bonds is 7. The van der Waals surface area contributed by atoms with Gasteiger partial charge in [0.25, 0.3) is 5.91 Å². The fraction of sp³-hybridized carbons (Fsp3) is 0.143. The summed E-state index contributed by atoms with van der Waals surface area (Å²) in [4.78, 5) is 47.6. The Kier molecular flexibility index (Phi) is 7.71. The van der Waals surface area contributed by atoms with Crippen LogP contribution in [0.15, 0.2) is 42.1 Å². The molecule has 11 heteroatoms. The van der Waals surface area contributed by atoms with Gasteiger partial charge in [-0.1, -0.05) is 12.1 Å². The van der Waals surface area contributed by atoms with E-state index >= 15 is 0 Å². The van der Waals surface area contributed by atoms with Crippen molar-refractivity contribution in [3.8, 4) is 5.75 Å². The largest absolute Gasteiger partial charge is 0.487 e. The second-order valence-corrected chi connectivity index (χ2v) is 8.88. The molecule has 0 radical (unpaired) electrons. The first-order chi connectivity index (χ1) is 15.2. The third-order valence-electron chi connectivity index (χ3n) is 4.39. The fourth-order valence-corrected chi connectivity index (χ4v) is 4.90. The number of hydrogen-bond donors (Lipinski definition) is 2. The van der Waals surface area contributed by atoms with Gasteiger partial charge < -0.3 is 19.9 Å². The van der Waals surface area contributed by atoms with Crippen LogP contribution in [-0.4, -0.2) is 47.5 Å². The first kappa shape index (κ1) is 24.0. The molecule has 3 amide bonds. The number of carboxylic acid groups (broad SMARTS) is 1. The zero-order chi connectivity index (χ0) is 23.4. The van der Waals surface area contributed by atoms with Gasteiger partial charge in [0, 0.05) is 0 Å². The Morgan fingerprint density at radius 2 is 1.75 bits per heavy atom. The summed E-state index contributed by atoms with van der Waals surface area (Å²) in [6.07, 6.45) is 1.52. The summed E-state index contributed by atoms with van der Waals surface area (Å²) in [5.74, 6) is -1.66. The predicted molar refractivity (Wildman–Crippen MR) is 130 cm³/mol. The number of imide groups is 1. The van der Waals surface area contributed by atoms with E-state index in [1.807, 2.05) is 0 Å². The van der Waals surface area contributed by atoms with Crippen LogP contribution in [0.4, 0.5) is 4.79 Å². The van der Waals surface area contributed by atoms with Gasteiger partial charge in [-0.25, -0.2) is 14.5 Å². The number of nitrogens with one attached hydrogen (secondary N) is 1. The highest BCUT2D eigenvalue weighted by Gasteiger charge is 2.35. The Labute approximate surface area is 210 Å². The van der Waals surface area contributed by atoms with Gasteiger partial charge in [0.1, 0.15) is 24.6 Å². The van der Waals surface area contributed by atoms with Crippen molar-refractivity contribution in [1.82, 2.24) is 10.2 Å². The minimum atomic E-state index is -0.989. The maximum atomic E-state index is 12.4. The van der Waals surface area contributed by atoms with E-state index in [-0.39, 0.29) is 17.9 Å². The summed E-state index contributed by atoms with van der Waals surface area (Å²) in [5, 5.41) is 11.4. The Balaban J connectivity index is 1.74. The van der Waals surface area contributed by atoms with Gasteiger partial charge in [-0.05, 0) is 86.7 Å². The van der Waals surface area contributed by atoms with E-state index < -0.39 is 30.4 Å². The van der Waals surface area contributed by atoms with E-state index in [1.54, 1.807) is 24.3 Å². The number of carbonyl (C=O) groups is 4. The number of halogens is 2. The van der Waals surface area contributed by atoms with Gasteiger partial charge in [-0.15, -0.1) is 0 Å². The summed E-state index contributed by atoms with van der Waals surface area (Å²) in [6, 6.07) is 9.31. The van der Waals surface area contributed by atoms with Gasteiger partial charge in [-0.3, -0.25) is 9.59 Å². The first-order valence-corrected chi connectivity index (χ1v) is 11.2. The van der Waals surface area contributed by atoms with E-state index in [0.717, 1.165) is 17.6 Å². The van der Waals surface area contributed by atoms with Crippen molar-refractivity contribution in [2.24, 2.45) is 0 Å². The quantitative estimate of drug-likeness (QED) is 0.202. The van der Waals surface area contributed by atoms with Crippen LogP contribution in [0.1, 0.15) is 21.5 Å². The normalized spacial score (nSPS) is 14.5. The zero-order valence-corrected chi connectivity index (χ0v) is 20.9. The highest BCUT2D eigenvalue weighted by Crippen LogP contribution is 2.31. The summed E-state index contributed by atoms with van der Waals surface area (Å²) in [6.45, 7) is -0.211. The highest BCUT2D eigenvalue weighted by atomic mass is 127. The third kappa shape index (κ3) is 5.56. The molecular formula is C21H16I2N2O7. The molecule has 1 aliphatic rings. The number of benzene rings is 2. The van der Waals surface area contributed by atoms with Crippen LogP contribution >= 0.6 is 45.2 Å². The molecule has 2 aromatic rings. The number of nitrogens with zero attached hydrogens (tertiary/aromatic N) is 1. The third-order valence-corrected chi connectivity index (χ3v) is 6.00. The van der Waals surface area contributed by atoms with Crippen LogP contribution in [0, 0.1) is 7.14 Å². The maximum absolute atomic E-state index is 12.4. The van der Waals surface area contributed by atoms with Crippen LogP contribution in [-0.2, 0) is 20.9 Å². The van der Waals surface area contributed by atoms with Gasteiger partial charge in [-0.2, -0.15) is 0 Å². The molecule has 0 bridgehead atoms. The summed E-state index contributed by atoms with van der Waals surface area (Å²) >= 11 is 4.22. The molecule has 32 heavy (non-hydrogen) atoms. The Bertz CT molecular complexity index is 1110. The van der Waals surface area contributed by atoms with E-state index in [9.17, 15) is 19.2 Å². The second kappa shape index (κ2) is 10.3. The molecule has 0 aliphatic carbocycles. The average molecular weight is 662 g/mol. The number of hydrogen-bond acceptors (Lipinski definition) is 6. The molecule has 1 saturated heterocycles. The van der Waals surface area contributed by atoms with Crippen LogP contribution in [0.5, 0.6) is 5.75 Å². The molecule has 0 saturated carbocycles. The standard InChI is InChI=1S/C21H16I2N2O7/c1-31-17(26)9-25-19(27)16(24-21(25)30)8-12-6-14(22)18(15(23)7-12)32-10-11-2-4-13(5-3-11)20(28)29/h2-8H,9-10H2,1H3,(H,24,30)(H,28,29)/b16-8+. The van der Waals surface area contributed by atoms with E-state index in [4.69, 9.17) is 9.84 Å². The van der Waals surface area contributed by atoms with Crippen molar-refractivity contribution in [3.05, 3.63) is 65.9 Å². The summed E-state index contributed by atoms with van der Waals surface area (Å²) in [5.41, 5.74) is 1.74. The van der Waals surface area contributed by atoms with Crippen LogP contribution in [0.2, 0.25) is 0 Å². The number of carboxylic acids is 1. The first-order valence-electron chi connectivity index (χ1n) is 9.05. The van der Waals surface area contributed by atoms with Crippen molar-refractivity contribution in [3.63, 3.8) is 0 Å². The molecule has 2 N–H and O–H groups in total. The fourth-order valence-electron chi connectivity index (χ4n) is 2.78. The highest BCUT2D eigenvalue weighted by molar-refractivity contribution is 14.1. The van der Waals surface area contributed by atoms with E-state index in [1.165, 1.54) is 25.3 Å². The lowest BCUT2D eigenvalue weighted by atomic mass is 10.1. The zero-order valence-electron chi connectivity index (χ0n) is 16.6. The van der Waals surface area contributed by atoms with Crippen LogP contribution in [0.25, 0.3) is 6.08 Å². The molecule has 0 unspecified atom stereocenters. The number of methoxy groups -OCH3 is 1. The molecule has 9 nitrogen and oxygen atoms in total. The molecule has 0 atom stereocenters. The molecule has 1 aliphatic heterocycles. The lowest BCUT2D eigenvalue weighted by molar-refractivity contribution is -0.143. The van der Waals surface area contributed by atoms with Crippen molar-refractivity contribution in [1.29, 1.82) is 0 Å². The molecule has 0 spiro atoms. The molecule has 2 aromatic carbocycles. The minimum absolute atomic E-state index is 0.0534. The smallest absolute Gasteiger partial charge is 0.335 e. The molecular weight excluding hydrogens is 646 g/mol.